The van der Waals surface area contributed by atoms with E-state index in [2.05, 4.69) is 38.2 Å². The largest absolute Gasteiger partial charge is 0.387 e. The van der Waals surface area contributed by atoms with Crippen LogP contribution in [0.1, 0.15) is 43.9 Å². The Labute approximate surface area is 127 Å². The third-order valence-electron chi connectivity index (χ3n) is 5.32. The van der Waals surface area contributed by atoms with Gasteiger partial charge in [0.25, 0.3) is 0 Å². The molecule has 1 aliphatic carbocycles. The monoisotopic (exact) mass is 289 g/mol. The van der Waals surface area contributed by atoms with E-state index in [9.17, 15) is 5.11 Å². The molecule has 1 saturated heterocycles. The number of aliphatic hydroxyl groups excluding tert-OH is 1. The van der Waals surface area contributed by atoms with Crippen molar-refractivity contribution in [3.63, 3.8) is 0 Å². The number of aliphatic hydroxyl groups is 1. The van der Waals surface area contributed by atoms with Gasteiger partial charge in [0.05, 0.1) is 12.2 Å². The lowest BCUT2D eigenvalue weighted by atomic mass is 9.55. The minimum atomic E-state index is -0.440. The Bertz CT molecular complexity index is 482. The summed E-state index contributed by atoms with van der Waals surface area (Å²) in [5.41, 5.74) is 2.38. The van der Waals surface area contributed by atoms with Gasteiger partial charge in [-0.1, -0.05) is 43.7 Å². The molecule has 3 rings (SSSR count). The topological polar surface area (TPSA) is 41.5 Å². The molecular weight excluding hydrogens is 262 g/mol. The average Bonchev–Trinajstić information content (AvgIpc) is 2.48. The zero-order valence-electron chi connectivity index (χ0n) is 13.3. The van der Waals surface area contributed by atoms with Crippen LogP contribution in [-0.2, 0) is 4.74 Å². The molecule has 21 heavy (non-hydrogen) atoms. The molecule has 0 radical (unpaired) electrons. The first-order chi connectivity index (χ1) is 10.00. The van der Waals surface area contributed by atoms with E-state index in [4.69, 9.17) is 4.74 Å². The molecule has 1 aliphatic heterocycles. The van der Waals surface area contributed by atoms with Gasteiger partial charge in [0.1, 0.15) is 0 Å². The maximum atomic E-state index is 10.4. The summed E-state index contributed by atoms with van der Waals surface area (Å²) >= 11 is 0. The molecule has 2 fully saturated rings. The second-order valence-corrected chi connectivity index (χ2v) is 7.23. The maximum Gasteiger partial charge on any atom is 0.0914 e. The van der Waals surface area contributed by atoms with E-state index in [1.54, 1.807) is 0 Å². The van der Waals surface area contributed by atoms with E-state index in [1.807, 2.05) is 12.1 Å². The number of fused-ring (bicyclic) bond motifs is 1. The van der Waals surface area contributed by atoms with Gasteiger partial charge in [-0.05, 0) is 25.3 Å². The predicted octanol–water partition coefficient (Wildman–Crippen LogP) is 2.82. The molecule has 2 N–H and O–H groups in total. The fourth-order valence-electron chi connectivity index (χ4n) is 4.08. The molecular formula is C18H27NO2. The van der Waals surface area contributed by atoms with Crippen LogP contribution in [0.3, 0.4) is 0 Å². The van der Waals surface area contributed by atoms with Crippen molar-refractivity contribution in [3.8, 4) is 0 Å². The van der Waals surface area contributed by atoms with E-state index >= 15 is 0 Å². The van der Waals surface area contributed by atoms with Crippen molar-refractivity contribution in [1.82, 2.24) is 5.32 Å². The molecule has 0 amide bonds. The summed E-state index contributed by atoms with van der Waals surface area (Å²) in [4.78, 5) is 0. The number of benzene rings is 1. The third kappa shape index (κ3) is 2.75. The van der Waals surface area contributed by atoms with Gasteiger partial charge in [-0.15, -0.1) is 0 Å². The van der Waals surface area contributed by atoms with Crippen LogP contribution < -0.4 is 5.32 Å². The summed E-state index contributed by atoms with van der Waals surface area (Å²) in [6, 6.07) is 8.58. The first kappa shape index (κ1) is 15.0. The maximum absolute atomic E-state index is 10.4. The van der Waals surface area contributed by atoms with Crippen LogP contribution >= 0.6 is 0 Å². The predicted molar refractivity (Wildman–Crippen MR) is 84.2 cm³/mol. The second kappa shape index (κ2) is 5.71. The molecule has 0 bridgehead atoms. The Hall–Kier alpha value is -0.900. The van der Waals surface area contributed by atoms with Crippen molar-refractivity contribution in [2.75, 3.05) is 13.2 Å². The standard InChI is InChI=1S/C18H27NO2/c1-12-6-8-13(9-7-12)15(20)11-19-16-14-5-4-10-21-17(14)18(16,2)3/h6-9,14-17,19-20H,4-5,10-11H2,1-3H3. The van der Waals surface area contributed by atoms with Crippen LogP contribution in [0.4, 0.5) is 0 Å². The Kier molecular flexibility index (Phi) is 4.08. The van der Waals surface area contributed by atoms with Crippen molar-refractivity contribution in [2.24, 2.45) is 11.3 Å². The summed E-state index contributed by atoms with van der Waals surface area (Å²) in [5, 5.41) is 13.9. The van der Waals surface area contributed by atoms with Crippen molar-refractivity contribution in [3.05, 3.63) is 35.4 Å². The lowest BCUT2D eigenvalue weighted by Crippen LogP contribution is -2.69. The van der Waals surface area contributed by atoms with Crippen molar-refractivity contribution in [2.45, 2.75) is 51.9 Å². The molecule has 3 heteroatoms. The van der Waals surface area contributed by atoms with Gasteiger partial charge in [-0.3, -0.25) is 0 Å². The number of ether oxygens (including phenoxy) is 1. The SMILES string of the molecule is Cc1ccc(C(O)CNC2C3CCCOC3C2(C)C)cc1. The molecule has 1 saturated carbocycles. The summed E-state index contributed by atoms with van der Waals surface area (Å²) in [5.74, 6) is 0.610. The van der Waals surface area contributed by atoms with E-state index in [-0.39, 0.29) is 5.41 Å². The summed E-state index contributed by atoms with van der Waals surface area (Å²) in [6.45, 7) is 8.13. The van der Waals surface area contributed by atoms with Crippen LogP contribution in [0.5, 0.6) is 0 Å². The number of nitrogens with one attached hydrogen (secondary N) is 1. The van der Waals surface area contributed by atoms with Gasteiger partial charge in [-0.25, -0.2) is 0 Å². The molecule has 1 aromatic rings. The Balaban J connectivity index is 1.58. The van der Waals surface area contributed by atoms with E-state index in [0.717, 1.165) is 18.6 Å². The molecule has 1 aromatic carbocycles. The molecule has 116 valence electrons. The fraction of sp³-hybridized carbons (Fsp3) is 0.667. The fourth-order valence-corrected chi connectivity index (χ4v) is 4.08. The van der Waals surface area contributed by atoms with Gasteiger partial charge in [0, 0.05) is 30.5 Å². The zero-order valence-corrected chi connectivity index (χ0v) is 13.3. The minimum Gasteiger partial charge on any atom is -0.387 e. The Morgan fingerprint density at radius 2 is 2.05 bits per heavy atom. The van der Waals surface area contributed by atoms with Crippen molar-refractivity contribution >= 4 is 0 Å². The highest BCUT2D eigenvalue weighted by molar-refractivity contribution is 5.23. The highest BCUT2D eigenvalue weighted by atomic mass is 16.5. The first-order valence-corrected chi connectivity index (χ1v) is 8.10. The minimum absolute atomic E-state index is 0.165. The van der Waals surface area contributed by atoms with E-state index < -0.39 is 6.10 Å². The highest BCUT2D eigenvalue weighted by Gasteiger charge is 2.57. The molecule has 0 spiro atoms. The second-order valence-electron chi connectivity index (χ2n) is 7.23. The number of rotatable bonds is 4. The van der Waals surface area contributed by atoms with Crippen molar-refractivity contribution in [1.29, 1.82) is 0 Å². The van der Waals surface area contributed by atoms with Crippen LogP contribution in [0.25, 0.3) is 0 Å². The summed E-state index contributed by atoms with van der Waals surface area (Å²) < 4.78 is 5.92. The zero-order chi connectivity index (χ0) is 15.0. The van der Waals surface area contributed by atoms with Gasteiger partial charge in [0.2, 0.25) is 0 Å². The van der Waals surface area contributed by atoms with Gasteiger partial charge < -0.3 is 15.2 Å². The number of hydrogen-bond donors (Lipinski definition) is 2. The molecule has 2 aliphatic rings. The van der Waals surface area contributed by atoms with Crippen LogP contribution in [0.15, 0.2) is 24.3 Å². The molecule has 3 nitrogen and oxygen atoms in total. The quantitative estimate of drug-likeness (QED) is 0.895. The highest BCUT2D eigenvalue weighted by Crippen LogP contribution is 2.51. The van der Waals surface area contributed by atoms with Gasteiger partial charge in [0.15, 0.2) is 0 Å². The number of hydrogen-bond acceptors (Lipinski definition) is 3. The molecule has 0 aromatic heterocycles. The summed E-state index contributed by atoms with van der Waals surface area (Å²) in [7, 11) is 0. The van der Waals surface area contributed by atoms with Gasteiger partial charge >= 0.3 is 0 Å². The Morgan fingerprint density at radius 3 is 2.76 bits per heavy atom. The van der Waals surface area contributed by atoms with Crippen LogP contribution in [0, 0.1) is 18.3 Å². The van der Waals surface area contributed by atoms with Crippen LogP contribution in [0.2, 0.25) is 0 Å². The molecule has 1 heterocycles. The normalized spacial score (nSPS) is 32.1. The average molecular weight is 289 g/mol. The van der Waals surface area contributed by atoms with E-state index in [0.29, 0.717) is 24.6 Å². The van der Waals surface area contributed by atoms with E-state index in [1.165, 1.54) is 12.0 Å². The molecule has 4 unspecified atom stereocenters. The van der Waals surface area contributed by atoms with Crippen molar-refractivity contribution < 1.29 is 9.84 Å². The number of aryl methyl sites for hydroxylation is 1. The first-order valence-electron chi connectivity index (χ1n) is 8.10. The third-order valence-corrected chi connectivity index (χ3v) is 5.32. The summed E-state index contributed by atoms with van der Waals surface area (Å²) in [6.07, 6.45) is 2.35. The smallest absolute Gasteiger partial charge is 0.0914 e. The lowest BCUT2D eigenvalue weighted by Gasteiger charge is -2.60. The molecule has 4 atom stereocenters. The van der Waals surface area contributed by atoms with Gasteiger partial charge in [-0.2, -0.15) is 0 Å². The lowest BCUT2D eigenvalue weighted by molar-refractivity contribution is -0.193. The van der Waals surface area contributed by atoms with Crippen LogP contribution in [-0.4, -0.2) is 30.4 Å². The Morgan fingerprint density at radius 1 is 1.33 bits per heavy atom.